The summed E-state index contributed by atoms with van der Waals surface area (Å²) in [5.74, 6) is -1.27. The lowest BCUT2D eigenvalue weighted by atomic mass is 10.2. The number of ether oxygens (including phenoxy) is 2. The Labute approximate surface area is 162 Å². The van der Waals surface area contributed by atoms with Gasteiger partial charge in [0.05, 0.1) is 24.7 Å². The van der Waals surface area contributed by atoms with Gasteiger partial charge in [-0.3, -0.25) is 4.79 Å². The van der Waals surface area contributed by atoms with Crippen LogP contribution >= 0.6 is 0 Å². The van der Waals surface area contributed by atoms with E-state index in [1.165, 1.54) is 11.0 Å². The van der Waals surface area contributed by atoms with Gasteiger partial charge in [0.1, 0.15) is 11.6 Å². The van der Waals surface area contributed by atoms with Crippen LogP contribution < -0.4 is 15.4 Å². The van der Waals surface area contributed by atoms with Gasteiger partial charge in [-0.15, -0.1) is 0 Å². The quantitative estimate of drug-likeness (QED) is 0.553. The maximum Gasteiger partial charge on any atom is 0.340 e. The third kappa shape index (κ3) is 5.45. The number of carbonyl (C=O) groups is 2. The van der Waals surface area contributed by atoms with Crippen molar-refractivity contribution in [2.24, 2.45) is 0 Å². The van der Waals surface area contributed by atoms with Gasteiger partial charge in [0, 0.05) is 17.9 Å². The third-order valence-electron chi connectivity index (χ3n) is 3.77. The lowest BCUT2D eigenvalue weighted by molar-refractivity contribution is -0.121. The highest BCUT2D eigenvalue weighted by molar-refractivity contribution is 5.99. The zero-order valence-electron chi connectivity index (χ0n) is 15.4. The molecule has 0 aliphatic rings. The molecule has 0 saturated heterocycles. The Kier molecular flexibility index (Phi) is 7.34. The van der Waals surface area contributed by atoms with Crippen LogP contribution in [0.4, 0.5) is 15.8 Å². The van der Waals surface area contributed by atoms with Gasteiger partial charge in [-0.2, -0.15) is 5.26 Å². The molecule has 0 spiro atoms. The van der Waals surface area contributed by atoms with Gasteiger partial charge in [0.2, 0.25) is 0 Å². The summed E-state index contributed by atoms with van der Waals surface area (Å²) in [7, 11) is 0. The van der Waals surface area contributed by atoms with Crippen molar-refractivity contribution >= 4 is 23.3 Å². The molecule has 28 heavy (non-hydrogen) atoms. The Morgan fingerprint density at radius 1 is 1.21 bits per heavy atom. The van der Waals surface area contributed by atoms with Crippen molar-refractivity contribution in [3.05, 3.63) is 53.8 Å². The van der Waals surface area contributed by atoms with E-state index < -0.39 is 24.3 Å². The molecule has 0 atom stereocenters. The summed E-state index contributed by atoms with van der Waals surface area (Å²) in [6, 6.07) is 12.0. The molecule has 0 aliphatic heterocycles. The van der Waals surface area contributed by atoms with Gasteiger partial charge < -0.3 is 20.1 Å². The Hall–Kier alpha value is -3.60. The second kappa shape index (κ2) is 9.92. The number of anilines is 2. The average molecular weight is 385 g/mol. The molecule has 2 aromatic carbocycles. The van der Waals surface area contributed by atoms with Crippen LogP contribution in [-0.2, 0) is 9.53 Å². The molecule has 2 aromatic rings. The molecule has 0 unspecified atom stereocenters. The third-order valence-corrected chi connectivity index (χ3v) is 3.77. The summed E-state index contributed by atoms with van der Waals surface area (Å²) in [6.45, 7) is 1.96. The predicted molar refractivity (Wildman–Crippen MR) is 101 cm³/mol. The number of carbonyl (C=O) groups excluding carboxylic acids is 2. The molecule has 7 nitrogen and oxygen atoms in total. The van der Waals surface area contributed by atoms with Crippen LogP contribution in [0.25, 0.3) is 0 Å². The van der Waals surface area contributed by atoms with E-state index in [0.29, 0.717) is 18.0 Å². The van der Waals surface area contributed by atoms with E-state index in [4.69, 9.17) is 20.5 Å². The van der Waals surface area contributed by atoms with E-state index in [-0.39, 0.29) is 24.2 Å². The lowest BCUT2D eigenvalue weighted by Crippen LogP contribution is -2.35. The zero-order valence-corrected chi connectivity index (χ0v) is 15.4. The first-order valence-electron chi connectivity index (χ1n) is 8.58. The van der Waals surface area contributed by atoms with E-state index in [1.54, 1.807) is 24.3 Å². The highest BCUT2D eigenvalue weighted by Crippen LogP contribution is 2.20. The standard InChI is InChI=1S/C20H20FN3O4/c1-2-27-16-7-5-15(6-8-16)24(11-3-10-22)19(25)13-28-20(26)17-9-4-14(21)12-18(17)23/h4-9,12H,2-3,11,13,23H2,1H3. The van der Waals surface area contributed by atoms with E-state index in [9.17, 15) is 14.0 Å². The van der Waals surface area contributed by atoms with Crippen LogP contribution in [0.5, 0.6) is 5.75 Å². The Morgan fingerprint density at radius 2 is 1.93 bits per heavy atom. The molecule has 0 bridgehead atoms. The molecule has 2 N–H and O–H groups in total. The van der Waals surface area contributed by atoms with E-state index in [0.717, 1.165) is 12.1 Å². The molecule has 0 heterocycles. The van der Waals surface area contributed by atoms with Gasteiger partial charge in [-0.05, 0) is 49.4 Å². The molecule has 2 rings (SSSR count). The second-order valence-corrected chi connectivity index (χ2v) is 5.69. The number of rotatable bonds is 8. The van der Waals surface area contributed by atoms with Gasteiger partial charge in [0.15, 0.2) is 6.61 Å². The number of benzene rings is 2. The topological polar surface area (TPSA) is 106 Å². The van der Waals surface area contributed by atoms with Gasteiger partial charge in [0.25, 0.3) is 5.91 Å². The Bertz CT molecular complexity index is 878. The van der Waals surface area contributed by atoms with Crippen LogP contribution in [0.3, 0.4) is 0 Å². The van der Waals surface area contributed by atoms with Gasteiger partial charge in [-0.25, -0.2) is 9.18 Å². The molecule has 1 amide bonds. The number of hydrogen-bond donors (Lipinski definition) is 1. The van der Waals surface area contributed by atoms with Crippen LogP contribution in [0.2, 0.25) is 0 Å². The number of nitriles is 1. The van der Waals surface area contributed by atoms with Crippen molar-refractivity contribution in [2.75, 3.05) is 30.4 Å². The molecule has 0 saturated carbocycles. The summed E-state index contributed by atoms with van der Waals surface area (Å²) in [4.78, 5) is 26.0. The Morgan fingerprint density at radius 3 is 2.54 bits per heavy atom. The van der Waals surface area contributed by atoms with Gasteiger partial charge >= 0.3 is 5.97 Å². The molecule has 0 aromatic heterocycles. The van der Waals surface area contributed by atoms with Crippen molar-refractivity contribution < 1.29 is 23.5 Å². The number of nitrogen functional groups attached to an aromatic ring is 1. The molecule has 8 heteroatoms. The van der Waals surface area contributed by atoms with Crippen LogP contribution in [0.15, 0.2) is 42.5 Å². The highest BCUT2D eigenvalue weighted by Gasteiger charge is 2.19. The van der Waals surface area contributed by atoms with E-state index in [2.05, 4.69) is 0 Å². The van der Waals surface area contributed by atoms with Gasteiger partial charge in [-0.1, -0.05) is 0 Å². The minimum absolute atomic E-state index is 0.0288. The smallest absolute Gasteiger partial charge is 0.340 e. The van der Waals surface area contributed by atoms with Crippen molar-refractivity contribution in [1.29, 1.82) is 5.26 Å². The predicted octanol–water partition coefficient (Wildman–Crippen LogP) is 2.91. The first-order chi connectivity index (χ1) is 13.5. The summed E-state index contributed by atoms with van der Waals surface area (Å²) in [5.41, 5.74) is 6.04. The minimum atomic E-state index is -0.835. The SMILES string of the molecule is CCOc1ccc(N(CCC#N)C(=O)COC(=O)c2ccc(F)cc2N)cc1. The second-order valence-electron chi connectivity index (χ2n) is 5.69. The van der Waals surface area contributed by atoms with Crippen molar-refractivity contribution in [2.45, 2.75) is 13.3 Å². The number of amides is 1. The molecule has 146 valence electrons. The summed E-state index contributed by atoms with van der Waals surface area (Å²) >= 11 is 0. The first kappa shape index (κ1) is 20.7. The molecular weight excluding hydrogens is 365 g/mol. The number of nitrogens with zero attached hydrogens (tertiary/aromatic N) is 2. The lowest BCUT2D eigenvalue weighted by Gasteiger charge is -2.22. The van der Waals surface area contributed by atoms with Crippen molar-refractivity contribution in [3.63, 3.8) is 0 Å². The minimum Gasteiger partial charge on any atom is -0.494 e. The number of halogens is 1. The van der Waals surface area contributed by atoms with Crippen LogP contribution in [-0.4, -0.2) is 31.6 Å². The van der Waals surface area contributed by atoms with Crippen LogP contribution in [0, 0.1) is 17.1 Å². The number of hydrogen-bond acceptors (Lipinski definition) is 6. The van der Waals surface area contributed by atoms with E-state index >= 15 is 0 Å². The molecule has 0 aliphatic carbocycles. The maximum absolute atomic E-state index is 13.1. The van der Waals surface area contributed by atoms with Crippen molar-refractivity contribution in [3.8, 4) is 11.8 Å². The Balaban J connectivity index is 2.08. The molecular formula is C20H20FN3O4. The first-order valence-corrected chi connectivity index (χ1v) is 8.58. The normalized spacial score (nSPS) is 10.0. The fraction of sp³-hybridized carbons (Fsp3) is 0.250. The molecule has 0 fully saturated rings. The number of esters is 1. The summed E-state index contributed by atoms with van der Waals surface area (Å²) in [5, 5.41) is 8.84. The fourth-order valence-corrected chi connectivity index (χ4v) is 2.45. The summed E-state index contributed by atoms with van der Waals surface area (Å²) < 4.78 is 23.5. The molecule has 0 radical (unpaired) electrons. The monoisotopic (exact) mass is 385 g/mol. The average Bonchev–Trinajstić information content (AvgIpc) is 2.68. The van der Waals surface area contributed by atoms with Crippen molar-refractivity contribution in [1.82, 2.24) is 0 Å². The summed E-state index contributed by atoms with van der Waals surface area (Å²) in [6.07, 6.45) is 0.109. The number of nitrogens with two attached hydrogens (primary N) is 1. The maximum atomic E-state index is 13.1. The largest absolute Gasteiger partial charge is 0.494 e. The fourth-order valence-electron chi connectivity index (χ4n) is 2.45. The van der Waals surface area contributed by atoms with Crippen LogP contribution in [0.1, 0.15) is 23.7 Å². The highest BCUT2D eigenvalue weighted by atomic mass is 19.1. The zero-order chi connectivity index (χ0) is 20.5. The van der Waals surface area contributed by atoms with E-state index in [1.807, 2.05) is 13.0 Å².